The van der Waals surface area contributed by atoms with Crippen LogP contribution in [0.5, 0.6) is 0 Å². The fourth-order valence-electron chi connectivity index (χ4n) is 2.23. The highest BCUT2D eigenvalue weighted by atomic mass is 32.2. The lowest BCUT2D eigenvalue weighted by molar-refractivity contribution is 0.0605. The fraction of sp³-hybridized carbons (Fsp3) is 0.538. The van der Waals surface area contributed by atoms with Gasteiger partial charge in [-0.05, 0) is 37.0 Å². The molecule has 1 N–H and O–H groups in total. The minimum absolute atomic E-state index is 0.0192. The first-order valence-electron chi connectivity index (χ1n) is 6.26. The van der Waals surface area contributed by atoms with Gasteiger partial charge in [-0.2, -0.15) is 4.31 Å². The van der Waals surface area contributed by atoms with Crippen molar-refractivity contribution in [1.82, 2.24) is 4.31 Å². The molecule has 19 heavy (non-hydrogen) atoms. The van der Waals surface area contributed by atoms with Crippen LogP contribution in [0.4, 0.5) is 4.39 Å². The van der Waals surface area contributed by atoms with Crippen LogP contribution < -0.4 is 0 Å². The van der Waals surface area contributed by atoms with Crippen molar-refractivity contribution in [2.24, 2.45) is 5.92 Å². The molecule has 4 nitrogen and oxygen atoms in total. The van der Waals surface area contributed by atoms with E-state index in [2.05, 4.69) is 0 Å². The molecule has 2 rings (SSSR count). The van der Waals surface area contributed by atoms with Crippen molar-refractivity contribution < 1.29 is 17.9 Å². The smallest absolute Gasteiger partial charge is 0.243 e. The predicted molar refractivity (Wildman–Crippen MR) is 69.7 cm³/mol. The number of β-amino-alcohol motifs (C(OH)–C–C–N with tert-alkyl or cyclic N) is 1. The first-order chi connectivity index (χ1) is 8.82. The summed E-state index contributed by atoms with van der Waals surface area (Å²) in [5.74, 6) is -0.491. The Balaban J connectivity index is 2.35. The third-order valence-electron chi connectivity index (χ3n) is 3.65. The summed E-state index contributed by atoms with van der Waals surface area (Å²) in [4.78, 5) is -0.0192. The van der Waals surface area contributed by atoms with Crippen molar-refractivity contribution in [2.75, 3.05) is 13.1 Å². The minimum atomic E-state index is -3.74. The molecule has 1 aromatic carbocycles. The van der Waals surface area contributed by atoms with Gasteiger partial charge in [-0.3, -0.25) is 0 Å². The first kappa shape index (κ1) is 14.4. The van der Waals surface area contributed by atoms with Gasteiger partial charge in [0.2, 0.25) is 10.0 Å². The highest BCUT2D eigenvalue weighted by Crippen LogP contribution is 2.26. The number of piperidine rings is 1. The summed E-state index contributed by atoms with van der Waals surface area (Å²) >= 11 is 0. The number of aryl methyl sites for hydroxylation is 1. The molecule has 0 saturated carbocycles. The number of halogens is 1. The molecule has 6 heteroatoms. The van der Waals surface area contributed by atoms with Gasteiger partial charge in [-0.15, -0.1) is 0 Å². The number of rotatable bonds is 2. The zero-order valence-corrected chi connectivity index (χ0v) is 11.8. The van der Waals surface area contributed by atoms with Gasteiger partial charge in [0.1, 0.15) is 5.82 Å². The Morgan fingerprint density at radius 1 is 1.42 bits per heavy atom. The van der Waals surface area contributed by atoms with Crippen LogP contribution in [-0.2, 0) is 10.0 Å². The topological polar surface area (TPSA) is 57.6 Å². The van der Waals surface area contributed by atoms with E-state index < -0.39 is 21.9 Å². The Morgan fingerprint density at radius 2 is 2.11 bits per heavy atom. The molecule has 1 heterocycles. The summed E-state index contributed by atoms with van der Waals surface area (Å²) in [6.07, 6.45) is -0.0632. The maximum atomic E-state index is 13.3. The lowest BCUT2D eigenvalue weighted by Crippen LogP contribution is -2.45. The first-order valence-corrected chi connectivity index (χ1v) is 7.70. The zero-order chi connectivity index (χ0) is 14.2. The van der Waals surface area contributed by atoms with Gasteiger partial charge in [0.05, 0.1) is 11.0 Å². The molecule has 1 aliphatic rings. The molecule has 0 bridgehead atoms. The average molecular weight is 287 g/mol. The van der Waals surface area contributed by atoms with E-state index in [1.165, 1.54) is 16.4 Å². The van der Waals surface area contributed by atoms with Crippen molar-refractivity contribution in [3.8, 4) is 0 Å². The lowest BCUT2D eigenvalue weighted by Gasteiger charge is -2.33. The van der Waals surface area contributed by atoms with Crippen molar-refractivity contribution in [1.29, 1.82) is 0 Å². The Morgan fingerprint density at radius 3 is 2.74 bits per heavy atom. The van der Waals surface area contributed by atoms with Crippen LogP contribution in [-0.4, -0.2) is 37.0 Å². The Hall–Kier alpha value is -0.980. The molecule has 1 saturated heterocycles. The monoisotopic (exact) mass is 287 g/mol. The molecule has 1 fully saturated rings. The van der Waals surface area contributed by atoms with E-state index in [0.717, 1.165) is 6.07 Å². The number of hydrogen-bond donors (Lipinski definition) is 1. The third-order valence-corrected chi connectivity index (χ3v) is 5.66. The second-order valence-corrected chi connectivity index (χ2v) is 7.01. The fourth-order valence-corrected chi connectivity index (χ4v) is 3.94. The van der Waals surface area contributed by atoms with E-state index >= 15 is 0 Å². The maximum absolute atomic E-state index is 13.3. The highest BCUT2D eigenvalue weighted by Gasteiger charge is 2.33. The van der Waals surface area contributed by atoms with Crippen LogP contribution in [0.3, 0.4) is 0 Å². The molecule has 0 radical (unpaired) electrons. The molecule has 0 aromatic heterocycles. The molecular formula is C13H18FNO3S. The van der Waals surface area contributed by atoms with Gasteiger partial charge in [0.25, 0.3) is 0 Å². The van der Waals surface area contributed by atoms with E-state index in [4.69, 9.17) is 0 Å². The zero-order valence-electron chi connectivity index (χ0n) is 11.0. The molecular weight excluding hydrogens is 269 g/mol. The summed E-state index contributed by atoms with van der Waals surface area (Å²) in [5, 5.41) is 9.80. The largest absolute Gasteiger partial charge is 0.391 e. The third kappa shape index (κ3) is 2.80. The minimum Gasteiger partial charge on any atom is -0.391 e. The quantitative estimate of drug-likeness (QED) is 0.897. The Labute approximate surface area is 112 Å². The number of benzene rings is 1. The van der Waals surface area contributed by atoms with Gasteiger partial charge in [0.15, 0.2) is 0 Å². The van der Waals surface area contributed by atoms with Gasteiger partial charge in [-0.25, -0.2) is 12.8 Å². The van der Waals surface area contributed by atoms with E-state index in [0.29, 0.717) is 18.5 Å². The van der Waals surface area contributed by atoms with Crippen molar-refractivity contribution in [2.45, 2.75) is 31.3 Å². The van der Waals surface area contributed by atoms with Gasteiger partial charge in [0, 0.05) is 13.1 Å². The van der Waals surface area contributed by atoms with Crippen molar-refractivity contribution >= 4 is 10.0 Å². The summed E-state index contributed by atoms with van der Waals surface area (Å²) in [5.41, 5.74) is 0.509. The number of sulfonamides is 1. The van der Waals surface area contributed by atoms with Crippen LogP contribution >= 0.6 is 0 Å². The second-order valence-electron chi connectivity index (χ2n) is 5.11. The van der Waals surface area contributed by atoms with Crippen LogP contribution in [0.1, 0.15) is 18.9 Å². The van der Waals surface area contributed by atoms with Crippen LogP contribution in [0.2, 0.25) is 0 Å². The SMILES string of the molecule is Cc1ccc(F)cc1S(=O)(=O)N1CCC(C)C(O)C1. The van der Waals surface area contributed by atoms with Crippen LogP contribution in [0.15, 0.2) is 23.1 Å². The van der Waals surface area contributed by atoms with E-state index in [9.17, 15) is 17.9 Å². The summed E-state index contributed by atoms with van der Waals surface area (Å²) in [6, 6.07) is 3.72. The van der Waals surface area contributed by atoms with E-state index in [-0.39, 0.29) is 17.4 Å². The molecule has 1 aliphatic heterocycles. The maximum Gasteiger partial charge on any atom is 0.243 e. The number of nitrogens with zero attached hydrogens (tertiary/aromatic N) is 1. The standard InChI is InChI=1S/C13H18FNO3S/c1-9-5-6-15(8-12(9)16)19(17,18)13-7-11(14)4-3-10(13)2/h3-4,7,9,12,16H,5-6,8H2,1-2H3. The Bertz CT molecular complexity index is 573. The van der Waals surface area contributed by atoms with Crippen LogP contribution in [0.25, 0.3) is 0 Å². The molecule has 2 unspecified atom stereocenters. The summed E-state index contributed by atoms with van der Waals surface area (Å²) in [6.45, 7) is 3.95. The van der Waals surface area contributed by atoms with Gasteiger partial charge >= 0.3 is 0 Å². The summed E-state index contributed by atoms with van der Waals surface area (Å²) < 4.78 is 39.4. The van der Waals surface area contributed by atoms with Gasteiger partial charge < -0.3 is 5.11 Å². The number of aliphatic hydroxyl groups excluding tert-OH is 1. The van der Waals surface area contributed by atoms with Crippen molar-refractivity contribution in [3.63, 3.8) is 0 Å². The molecule has 106 valence electrons. The normalized spacial score (nSPS) is 25.5. The lowest BCUT2D eigenvalue weighted by atomic mass is 9.98. The van der Waals surface area contributed by atoms with Crippen LogP contribution in [0, 0.1) is 18.7 Å². The van der Waals surface area contributed by atoms with E-state index in [1.54, 1.807) is 6.92 Å². The molecule has 0 aliphatic carbocycles. The number of hydrogen-bond acceptors (Lipinski definition) is 3. The predicted octanol–water partition coefficient (Wildman–Crippen LogP) is 1.53. The van der Waals surface area contributed by atoms with Crippen molar-refractivity contribution in [3.05, 3.63) is 29.6 Å². The molecule has 0 amide bonds. The summed E-state index contributed by atoms with van der Waals surface area (Å²) in [7, 11) is -3.74. The average Bonchev–Trinajstić information content (AvgIpc) is 2.35. The number of aliphatic hydroxyl groups is 1. The second kappa shape index (κ2) is 5.19. The highest BCUT2D eigenvalue weighted by molar-refractivity contribution is 7.89. The molecule has 1 aromatic rings. The molecule has 0 spiro atoms. The Kier molecular flexibility index (Phi) is 3.94. The van der Waals surface area contributed by atoms with E-state index in [1.807, 2.05) is 6.92 Å². The molecule has 2 atom stereocenters. The van der Waals surface area contributed by atoms with Gasteiger partial charge in [-0.1, -0.05) is 13.0 Å².